The van der Waals surface area contributed by atoms with Gasteiger partial charge in [-0.1, -0.05) is 12.2 Å². The number of aryl methyl sites for hydroxylation is 1. The van der Waals surface area contributed by atoms with Crippen LogP contribution in [0.5, 0.6) is 0 Å². The van der Waals surface area contributed by atoms with Gasteiger partial charge in [0.25, 0.3) is 5.91 Å². The number of ether oxygens (including phenoxy) is 1. The number of anilines is 1. The Morgan fingerprint density at radius 1 is 1.50 bits per heavy atom. The van der Waals surface area contributed by atoms with Crippen LogP contribution in [0.3, 0.4) is 0 Å². The summed E-state index contributed by atoms with van der Waals surface area (Å²) in [7, 11) is 0. The lowest BCUT2D eigenvalue weighted by Gasteiger charge is -2.20. The highest BCUT2D eigenvalue weighted by atomic mass is 32.1. The molecular weight excluding hydrogens is 348 g/mol. The maximum absolute atomic E-state index is 13.0. The van der Waals surface area contributed by atoms with E-state index in [2.05, 4.69) is 21.9 Å². The van der Waals surface area contributed by atoms with Crippen LogP contribution in [-0.2, 0) is 4.74 Å². The summed E-state index contributed by atoms with van der Waals surface area (Å²) in [6, 6.07) is 0. The molecule has 7 heteroatoms. The first-order valence-electron chi connectivity index (χ1n) is 9.04. The fraction of sp³-hybridized carbons (Fsp3) is 0.526. The van der Waals surface area contributed by atoms with Gasteiger partial charge in [-0.05, 0) is 39.2 Å². The molecule has 26 heavy (non-hydrogen) atoms. The lowest BCUT2D eigenvalue weighted by Crippen LogP contribution is -2.32. The van der Waals surface area contributed by atoms with Crippen molar-refractivity contribution in [3.63, 3.8) is 0 Å². The average molecular weight is 375 g/mol. The predicted molar refractivity (Wildman–Crippen MR) is 106 cm³/mol. The minimum atomic E-state index is 0.0288. The molecule has 2 aromatic heterocycles. The van der Waals surface area contributed by atoms with Crippen LogP contribution in [0.1, 0.15) is 41.9 Å². The maximum atomic E-state index is 13.0. The van der Waals surface area contributed by atoms with E-state index in [0.717, 1.165) is 58.0 Å². The number of rotatable bonds is 7. The van der Waals surface area contributed by atoms with Gasteiger partial charge < -0.3 is 15.0 Å². The number of likely N-dealkylation sites (N-methyl/N-ethyl adjacent to an activating group) is 1. The number of nitrogens with zero attached hydrogens (tertiary/aromatic N) is 3. The quantitative estimate of drug-likeness (QED) is 0.750. The van der Waals surface area contributed by atoms with Crippen LogP contribution in [0, 0.1) is 6.92 Å². The summed E-state index contributed by atoms with van der Waals surface area (Å²) in [6.45, 7) is 12.6. The average Bonchev–Trinajstić information content (AvgIpc) is 3.25. The van der Waals surface area contributed by atoms with Gasteiger partial charge in [-0.15, -0.1) is 11.3 Å². The van der Waals surface area contributed by atoms with Crippen LogP contribution >= 0.6 is 11.3 Å². The number of hydrogen-bond donors (Lipinski definition) is 1. The monoisotopic (exact) mass is 374 g/mol. The van der Waals surface area contributed by atoms with Gasteiger partial charge in [-0.25, -0.2) is 9.97 Å². The number of carbonyl (C=O) groups is 1. The fourth-order valence-electron chi connectivity index (χ4n) is 3.22. The number of carbonyl (C=O) groups excluding carboxylic acids is 1. The molecule has 0 radical (unpaired) electrons. The number of hydrogen-bond acceptors (Lipinski definition) is 6. The maximum Gasteiger partial charge on any atom is 0.264 e. The molecule has 0 aromatic carbocycles. The molecule has 0 bridgehead atoms. The molecule has 1 aliphatic heterocycles. The zero-order valence-electron chi connectivity index (χ0n) is 15.7. The SMILES string of the molecule is C=C(C)CN(CC)C(=O)c1sc2ncnc(NCC3CCCO3)c2c1C. The first-order chi connectivity index (χ1) is 12.5. The van der Waals surface area contributed by atoms with Gasteiger partial charge in [-0.3, -0.25) is 4.79 Å². The smallest absolute Gasteiger partial charge is 0.264 e. The Balaban J connectivity index is 1.88. The van der Waals surface area contributed by atoms with E-state index in [1.165, 1.54) is 11.3 Å². The van der Waals surface area contributed by atoms with Gasteiger partial charge in [0, 0.05) is 26.2 Å². The van der Waals surface area contributed by atoms with Crippen molar-refractivity contribution in [1.29, 1.82) is 0 Å². The molecule has 1 aliphatic rings. The molecule has 1 unspecified atom stereocenters. The van der Waals surface area contributed by atoms with E-state index in [4.69, 9.17) is 4.74 Å². The third kappa shape index (κ3) is 3.88. The molecule has 1 fully saturated rings. The van der Waals surface area contributed by atoms with E-state index in [0.29, 0.717) is 13.1 Å². The molecule has 1 amide bonds. The number of aromatic nitrogens is 2. The number of amides is 1. The first kappa shape index (κ1) is 18.8. The van der Waals surface area contributed by atoms with E-state index < -0.39 is 0 Å². The second kappa shape index (κ2) is 8.14. The summed E-state index contributed by atoms with van der Waals surface area (Å²) < 4.78 is 5.67. The normalized spacial score (nSPS) is 16.8. The van der Waals surface area contributed by atoms with E-state index in [1.807, 2.05) is 25.7 Å². The number of thiophene rings is 1. The van der Waals surface area contributed by atoms with Crippen LogP contribution in [0.25, 0.3) is 10.2 Å². The summed E-state index contributed by atoms with van der Waals surface area (Å²) in [5, 5.41) is 4.33. The molecule has 3 rings (SSSR count). The predicted octanol–water partition coefficient (Wildman–Crippen LogP) is 3.63. The second-order valence-electron chi connectivity index (χ2n) is 6.75. The van der Waals surface area contributed by atoms with Crippen molar-refractivity contribution >= 4 is 33.3 Å². The van der Waals surface area contributed by atoms with Crippen molar-refractivity contribution in [2.75, 3.05) is 31.6 Å². The summed E-state index contributed by atoms with van der Waals surface area (Å²) >= 11 is 1.43. The Morgan fingerprint density at radius 2 is 2.31 bits per heavy atom. The van der Waals surface area contributed by atoms with E-state index in [1.54, 1.807) is 6.33 Å². The topological polar surface area (TPSA) is 67.4 Å². The molecule has 1 atom stereocenters. The van der Waals surface area contributed by atoms with Gasteiger partial charge in [0.05, 0.1) is 16.4 Å². The Labute approximate surface area is 158 Å². The van der Waals surface area contributed by atoms with Crippen molar-refractivity contribution in [3.05, 3.63) is 28.9 Å². The van der Waals surface area contributed by atoms with Gasteiger partial charge >= 0.3 is 0 Å². The molecule has 3 heterocycles. The van der Waals surface area contributed by atoms with E-state index in [9.17, 15) is 4.79 Å². The zero-order chi connectivity index (χ0) is 18.7. The van der Waals surface area contributed by atoms with E-state index >= 15 is 0 Å². The van der Waals surface area contributed by atoms with Crippen molar-refractivity contribution < 1.29 is 9.53 Å². The van der Waals surface area contributed by atoms with Crippen LogP contribution in [-0.4, -0.2) is 53.1 Å². The van der Waals surface area contributed by atoms with Crippen LogP contribution in [0.2, 0.25) is 0 Å². The Hall–Kier alpha value is -1.99. The first-order valence-corrected chi connectivity index (χ1v) is 9.86. The third-order valence-electron chi connectivity index (χ3n) is 4.57. The van der Waals surface area contributed by atoms with Crippen molar-refractivity contribution in [3.8, 4) is 0 Å². The van der Waals surface area contributed by atoms with Gasteiger partial charge in [0.2, 0.25) is 0 Å². The van der Waals surface area contributed by atoms with Gasteiger partial charge in [0.1, 0.15) is 17.0 Å². The molecule has 2 aromatic rings. The van der Waals surface area contributed by atoms with Gasteiger partial charge in [0.15, 0.2) is 0 Å². The lowest BCUT2D eigenvalue weighted by molar-refractivity contribution is 0.0782. The highest BCUT2D eigenvalue weighted by Crippen LogP contribution is 2.34. The molecule has 0 spiro atoms. The minimum absolute atomic E-state index is 0.0288. The second-order valence-corrected chi connectivity index (χ2v) is 7.75. The summed E-state index contributed by atoms with van der Waals surface area (Å²) in [5.74, 6) is 0.808. The molecule has 1 N–H and O–H groups in total. The highest BCUT2D eigenvalue weighted by molar-refractivity contribution is 7.20. The standard InChI is InChI=1S/C19H26N4O2S/c1-5-23(10-12(2)3)19(24)16-13(4)15-17(21-11-22-18(15)26-16)20-9-14-7-6-8-25-14/h11,14H,2,5-10H2,1,3-4H3,(H,20,21,22). The Morgan fingerprint density at radius 3 is 2.96 bits per heavy atom. The Kier molecular flexibility index (Phi) is 5.88. The molecule has 140 valence electrons. The van der Waals surface area contributed by atoms with E-state index in [-0.39, 0.29) is 12.0 Å². The summed E-state index contributed by atoms with van der Waals surface area (Å²) in [5.41, 5.74) is 1.91. The number of fused-ring (bicyclic) bond motifs is 1. The van der Waals surface area contributed by atoms with Crippen molar-refractivity contribution in [2.24, 2.45) is 0 Å². The molecular formula is C19H26N4O2S. The van der Waals surface area contributed by atoms with Crippen LogP contribution in [0.4, 0.5) is 5.82 Å². The molecule has 0 aliphatic carbocycles. The van der Waals surface area contributed by atoms with Crippen LogP contribution < -0.4 is 5.32 Å². The molecule has 1 saturated heterocycles. The highest BCUT2D eigenvalue weighted by Gasteiger charge is 2.23. The number of nitrogens with one attached hydrogen (secondary N) is 1. The molecule has 6 nitrogen and oxygen atoms in total. The lowest BCUT2D eigenvalue weighted by atomic mass is 10.1. The largest absolute Gasteiger partial charge is 0.376 e. The van der Waals surface area contributed by atoms with Crippen molar-refractivity contribution in [1.82, 2.24) is 14.9 Å². The van der Waals surface area contributed by atoms with Gasteiger partial charge in [-0.2, -0.15) is 0 Å². The Bertz CT molecular complexity index is 811. The third-order valence-corrected chi connectivity index (χ3v) is 5.76. The van der Waals surface area contributed by atoms with Crippen molar-refractivity contribution in [2.45, 2.75) is 39.7 Å². The van der Waals surface area contributed by atoms with Crippen LogP contribution in [0.15, 0.2) is 18.5 Å². The summed E-state index contributed by atoms with van der Waals surface area (Å²) in [4.78, 5) is 25.1. The fourth-order valence-corrected chi connectivity index (χ4v) is 4.34. The summed E-state index contributed by atoms with van der Waals surface area (Å²) in [6.07, 6.45) is 3.96. The molecule has 0 saturated carbocycles. The zero-order valence-corrected chi connectivity index (χ0v) is 16.5. The minimum Gasteiger partial charge on any atom is -0.376 e.